The summed E-state index contributed by atoms with van der Waals surface area (Å²) < 4.78 is 78.6. The molecular weight excluding hydrogens is 434 g/mol. The lowest BCUT2D eigenvalue weighted by atomic mass is 9.83. The molecule has 4 heterocycles. The van der Waals surface area contributed by atoms with Crippen molar-refractivity contribution in [2.24, 2.45) is 0 Å². The summed E-state index contributed by atoms with van der Waals surface area (Å²) in [6.07, 6.45) is -9.41. The van der Waals surface area contributed by atoms with E-state index in [2.05, 4.69) is 25.5 Å². The second kappa shape index (κ2) is 7.35. The topological polar surface area (TPSA) is 107 Å². The molecular formula is C17H16F6N6O2. The summed E-state index contributed by atoms with van der Waals surface area (Å²) in [6, 6.07) is 0. The van der Waals surface area contributed by atoms with Crippen LogP contribution in [0.4, 0.5) is 38.0 Å². The third-order valence-corrected chi connectivity index (χ3v) is 5.48. The number of aliphatic hydroxyl groups is 1. The molecule has 1 amide bonds. The van der Waals surface area contributed by atoms with Gasteiger partial charge in [-0.15, -0.1) is 0 Å². The van der Waals surface area contributed by atoms with Gasteiger partial charge in [-0.1, -0.05) is 0 Å². The number of H-pyrrole nitrogens is 1. The van der Waals surface area contributed by atoms with E-state index in [0.717, 1.165) is 6.20 Å². The molecule has 0 aromatic carbocycles. The Morgan fingerprint density at radius 2 is 1.74 bits per heavy atom. The molecule has 1 fully saturated rings. The molecule has 0 radical (unpaired) electrons. The number of fused-ring (bicyclic) bond motifs is 1. The monoisotopic (exact) mass is 450 g/mol. The Kier molecular flexibility index (Phi) is 5.06. The van der Waals surface area contributed by atoms with Gasteiger partial charge in [-0.2, -0.15) is 31.4 Å². The Balaban J connectivity index is 1.52. The van der Waals surface area contributed by atoms with Gasteiger partial charge in [0.05, 0.1) is 12.4 Å². The molecule has 2 aliphatic rings. The first kappa shape index (κ1) is 21.3. The van der Waals surface area contributed by atoms with Gasteiger partial charge in [-0.3, -0.25) is 9.89 Å². The minimum atomic E-state index is -4.86. The van der Waals surface area contributed by atoms with Crippen molar-refractivity contribution in [3.8, 4) is 0 Å². The van der Waals surface area contributed by atoms with Crippen LogP contribution in [0.15, 0.2) is 12.4 Å². The Bertz CT molecular complexity index is 965. The third kappa shape index (κ3) is 3.91. The molecule has 0 bridgehead atoms. The molecule has 4 rings (SSSR count). The maximum atomic E-state index is 13.6. The molecule has 0 unspecified atom stereocenters. The highest BCUT2D eigenvalue weighted by Crippen LogP contribution is 2.47. The van der Waals surface area contributed by atoms with Gasteiger partial charge in [0, 0.05) is 30.3 Å². The second-order valence-electron chi connectivity index (χ2n) is 7.37. The van der Waals surface area contributed by atoms with Crippen molar-refractivity contribution in [3.63, 3.8) is 0 Å². The summed E-state index contributed by atoms with van der Waals surface area (Å²) in [7, 11) is 0. The van der Waals surface area contributed by atoms with Crippen molar-refractivity contribution < 1.29 is 36.2 Å². The largest absolute Gasteiger partial charge is 0.434 e. The molecule has 0 aliphatic carbocycles. The van der Waals surface area contributed by atoms with Crippen molar-refractivity contribution in [1.82, 2.24) is 20.2 Å². The molecule has 2 aromatic heterocycles. The van der Waals surface area contributed by atoms with Crippen molar-refractivity contribution in [2.75, 3.05) is 23.3 Å². The van der Waals surface area contributed by atoms with Crippen molar-refractivity contribution >= 4 is 17.5 Å². The average Bonchev–Trinajstić information content (AvgIpc) is 3.10. The van der Waals surface area contributed by atoms with E-state index in [1.54, 1.807) is 4.90 Å². The van der Waals surface area contributed by atoms with Crippen LogP contribution in [0.1, 0.15) is 41.6 Å². The third-order valence-electron chi connectivity index (χ3n) is 5.48. The molecule has 3 N–H and O–H groups in total. The molecule has 0 saturated carbocycles. The van der Waals surface area contributed by atoms with Crippen LogP contribution in [0.25, 0.3) is 0 Å². The standard InChI is InChI=1S/C17H16F6N6O2/c18-16(19,20)8-5-25-9(6-24-8)29-3-1-7(2-4-29)12-10-11(17(21,22)23)13(30)15(31)26-14(10)28-27-12/h5-7,11,13,30H,1-4H2,(H2,26,27,28,31)/t11-,13+/m1/s1. The predicted molar refractivity (Wildman–Crippen MR) is 93.2 cm³/mol. The summed E-state index contributed by atoms with van der Waals surface area (Å²) in [5.41, 5.74) is -1.23. The fourth-order valence-corrected chi connectivity index (χ4v) is 3.96. The fraction of sp³-hybridized carbons (Fsp3) is 0.529. The fourth-order valence-electron chi connectivity index (χ4n) is 3.96. The van der Waals surface area contributed by atoms with Gasteiger partial charge in [-0.05, 0) is 12.8 Å². The molecule has 8 nitrogen and oxygen atoms in total. The number of anilines is 2. The van der Waals surface area contributed by atoms with Crippen LogP contribution in [0.5, 0.6) is 0 Å². The summed E-state index contributed by atoms with van der Waals surface area (Å²) in [5, 5.41) is 18.4. The smallest absolute Gasteiger partial charge is 0.382 e. The van der Waals surface area contributed by atoms with E-state index < -0.39 is 36.0 Å². The summed E-state index contributed by atoms with van der Waals surface area (Å²) in [5.74, 6) is -3.99. The first-order valence-corrected chi connectivity index (χ1v) is 9.24. The molecule has 2 aromatic rings. The van der Waals surface area contributed by atoms with Gasteiger partial charge in [0.25, 0.3) is 5.91 Å². The summed E-state index contributed by atoms with van der Waals surface area (Å²) in [6.45, 7) is 0.619. The normalized spacial score (nSPS) is 22.9. The molecule has 2 atom stereocenters. The lowest BCUT2D eigenvalue weighted by Crippen LogP contribution is -2.44. The number of rotatable bonds is 2. The number of nitrogens with zero attached hydrogens (tertiary/aromatic N) is 4. The number of halogens is 6. The van der Waals surface area contributed by atoms with Gasteiger partial charge in [0.1, 0.15) is 17.8 Å². The molecule has 14 heteroatoms. The van der Waals surface area contributed by atoms with E-state index in [1.807, 2.05) is 0 Å². The maximum absolute atomic E-state index is 13.6. The lowest BCUT2D eigenvalue weighted by Gasteiger charge is -2.34. The quantitative estimate of drug-likeness (QED) is 0.608. The predicted octanol–water partition coefficient (Wildman–Crippen LogP) is 2.56. The van der Waals surface area contributed by atoms with Gasteiger partial charge < -0.3 is 15.3 Å². The zero-order chi connectivity index (χ0) is 22.6. The first-order chi connectivity index (χ1) is 14.5. The second-order valence-corrected chi connectivity index (χ2v) is 7.37. The number of piperidine rings is 1. The number of hydrogen-bond donors (Lipinski definition) is 3. The van der Waals surface area contributed by atoms with E-state index in [1.165, 1.54) is 0 Å². The lowest BCUT2D eigenvalue weighted by molar-refractivity contribution is -0.177. The minimum Gasteiger partial charge on any atom is -0.382 e. The number of aliphatic hydroxyl groups excluding tert-OH is 1. The number of carbonyl (C=O) groups is 1. The van der Waals surface area contributed by atoms with Crippen LogP contribution < -0.4 is 10.2 Å². The van der Waals surface area contributed by atoms with Gasteiger partial charge in [0.2, 0.25) is 0 Å². The summed E-state index contributed by atoms with van der Waals surface area (Å²) in [4.78, 5) is 20.5. The van der Waals surface area contributed by atoms with E-state index in [-0.39, 0.29) is 28.8 Å². The van der Waals surface area contributed by atoms with Crippen LogP contribution >= 0.6 is 0 Å². The zero-order valence-electron chi connectivity index (χ0n) is 15.6. The van der Waals surface area contributed by atoms with Crippen LogP contribution in [0, 0.1) is 0 Å². The number of aromatic amines is 1. The van der Waals surface area contributed by atoms with Gasteiger partial charge in [0.15, 0.2) is 11.5 Å². The van der Waals surface area contributed by atoms with Crippen LogP contribution in [0.2, 0.25) is 0 Å². The maximum Gasteiger partial charge on any atom is 0.434 e. The highest BCUT2D eigenvalue weighted by molar-refractivity contribution is 5.97. The number of hydrogen-bond acceptors (Lipinski definition) is 6. The molecule has 31 heavy (non-hydrogen) atoms. The molecule has 0 spiro atoms. The highest BCUT2D eigenvalue weighted by atomic mass is 19.4. The number of alkyl halides is 6. The van der Waals surface area contributed by atoms with Gasteiger partial charge >= 0.3 is 12.4 Å². The number of amides is 1. The van der Waals surface area contributed by atoms with Gasteiger partial charge in [-0.25, -0.2) is 9.97 Å². The minimum absolute atomic E-state index is 0.175. The summed E-state index contributed by atoms with van der Waals surface area (Å²) >= 11 is 0. The Morgan fingerprint density at radius 3 is 2.29 bits per heavy atom. The van der Waals surface area contributed by atoms with Crippen LogP contribution in [-0.2, 0) is 11.0 Å². The van der Waals surface area contributed by atoms with E-state index in [4.69, 9.17) is 0 Å². The SMILES string of the molecule is O=C1Nc2n[nH]c(C3CCN(c4cnc(C(F)(F)F)cn4)CC3)c2[C@@H](C(F)(F)F)[C@@H]1O. The Labute approximate surface area is 170 Å². The number of carbonyl (C=O) groups excluding carboxylic acids is 1. The Hall–Kier alpha value is -2.90. The number of aromatic nitrogens is 4. The van der Waals surface area contributed by atoms with Crippen LogP contribution in [0.3, 0.4) is 0 Å². The molecule has 168 valence electrons. The van der Waals surface area contributed by atoms with Crippen molar-refractivity contribution in [1.29, 1.82) is 0 Å². The first-order valence-electron chi connectivity index (χ1n) is 9.24. The van der Waals surface area contributed by atoms with Crippen molar-refractivity contribution in [3.05, 3.63) is 29.3 Å². The highest BCUT2D eigenvalue weighted by Gasteiger charge is 2.53. The number of nitrogens with one attached hydrogen (secondary N) is 2. The van der Waals surface area contributed by atoms with Crippen molar-refractivity contribution in [2.45, 2.75) is 43.1 Å². The zero-order valence-corrected chi connectivity index (χ0v) is 15.6. The molecule has 2 aliphatic heterocycles. The van der Waals surface area contributed by atoms with E-state index in [0.29, 0.717) is 32.1 Å². The van der Waals surface area contributed by atoms with Crippen LogP contribution in [-0.4, -0.2) is 56.5 Å². The average molecular weight is 450 g/mol. The van der Waals surface area contributed by atoms with E-state index >= 15 is 0 Å². The Morgan fingerprint density at radius 1 is 1.06 bits per heavy atom. The van der Waals surface area contributed by atoms with E-state index in [9.17, 15) is 36.2 Å². The molecule has 1 saturated heterocycles.